The number of hydrogen-bond donors (Lipinski definition) is 1. The third kappa shape index (κ3) is 3.13. The van der Waals surface area contributed by atoms with Gasteiger partial charge in [-0.15, -0.1) is 0 Å². The Kier molecular flexibility index (Phi) is 4.73. The lowest BCUT2D eigenvalue weighted by molar-refractivity contribution is -0.387. The number of imidazole rings is 1. The summed E-state index contributed by atoms with van der Waals surface area (Å²) < 4.78 is 16.5. The van der Waals surface area contributed by atoms with Gasteiger partial charge in [-0.1, -0.05) is 0 Å². The van der Waals surface area contributed by atoms with Crippen molar-refractivity contribution in [2.24, 2.45) is 14.1 Å². The first kappa shape index (κ1) is 19.2. The molecule has 0 aliphatic carbocycles. The number of carbonyl (C=O) groups excluding carboxylic acids is 1. The van der Waals surface area contributed by atoms with Crippen molar-refractivity contribution in [1.29, 1.82) is 0 Å². The Morgan fingerprint density at radius 1 is 1.32 bits per heavy atom. The average molecular weight is 411 g/mol. The maximum absolute atomic E-state index is 13.4. The van der Waals surface area contributed by atoms with Crippen LogP contribution in [0.15, 0.2) is 27.8 Å². The van der Waals surface area contributed by atoms with E-state index >= 15 is 0 Å². The van der Waals surface area contributed by atoms with Crippen molar-refractivity contribution in [2.75, 3.05) is 5.32 Å². The highest BCUT2D eigenvalue weighted by molar-refractivity contribution is 6.29. The van der Waals surface area contributed by atoms with Gasteiger partial charge in [0, 0.05) is 25.8 Å². The number of nitro benzene ring substituents is 1. The van der Waals surface area contributed by atoms with E-state index in [1.165, 1.54) is 14.1 Å². The number of hydrogen-bond acceptors (Lipinski definition) is 6. The summed E-state index contributed by atoms with van der Waals surface area (Å²) in [5.74, 6) is -1.74. The summed E-state index contributed by atoms with van der Waals surface area (Å²) in [7, 11) is 2.67. The number of aryl methyl sites for hydroxylation is 1. The third-order valence-corrected chi connectivity index (χ3v) is 4.32. The molecule has 0 saturated heterocycles. The second-order valence-corrected chi connectivity index (χ2v) is 6.15. The average Bonchev–Trinajstić information content (AvgIpc) is 2.96. The molecular formula is C15H12ClFN6O5. The molecule has 0 saturated carbocycles. The molecule has 13 heteroatoms. The summed E-state index contributed by atoms with van der Waals surface area (Å²) >= 11 is 6.02. The molecule has 0 aliphatic rings. The Morgan fingerprint density at radius 3 is 2.64 bits per heavy atom. The first-order chi connectivity index (χ1) is 13.1. The highest BCUT2D eigenvalue weighted by Gasteiger charge is 2.20. The van der Waals surface area contributed by atoms with Crippen molar-refractivity contribution in [3.05, 3.63) is 60.3 Å². The van der Waals surface area contributed by atoms with E-state index in [1.54, 1.807) is 0 Å². The second-order valence-electron chi connectivity index (χ2n) is 5.82. The van der Waals surface area contributed by atoms with E-state index in [-0.39, 0.29) is 22.1 Å². The van der Waals surface area contributed by atoms with Crippen molar-refractivity contribution in [2.45, 2.75) is 6.54 Å². The fourth-order valence-electron chi connectivity index (χ4n) is 2.64. The Hall–Kier alpha value is -3.54. The number of amides is 1. The lowest BCUT2D eigenvalue weighted by atomic mass is 10.2. The van der Waals surface area contributed by atoms with Crippen molar-refractivity contribution >= 4 is 40.0 Å². The molecule has 0 bridgehead atoms. The molecule has 0 radical (unpaired) electrons. The predicted molar refractivity (Wildman–Crippen MR) is 96.9 cm³/mol. The minimum Gasteiger partial charge on any atom is -0.324 e. The number of carbonyl (C=O) groups is 1. The number of anilines is 1. The standard InChI is InChI=1S/C15H12ClFN6O5/c1-20-12-11(13(25)21(2)15(20)26)22(14(16)19-12)6-10(24)18-7-3-4-8(17)9(5-7)23(27)28/h3-5H,6H2,1-2H3,(H,18,24). The molecule has 1 amide bonds. The van der Waals surface area contributed by atoms with Crippen LogP contribution in [-0.4, -0.2) is 29.5 Å². The zero-order chi connectivity index (χ0) is 20.7. The number of nitro groups is 1. The Morgan fingerprint density at radius 2 is 2.00 bits per heavy atom. The summed E-state index contributed by atoms with van der Waals surface area (Å²) in [5.41, 5.74) is -2.17. The van der Waals surface area contributed by atoms with E-state index in [2.05, 4.69) is 10.3 Å². The largest absolute Gasteiger partial charge is 0.332 e. The Bertz CT molecular complexity index is 1260. The molecule has 28 heavy (non-hydrogen) atoms. The maximum atomic E-state index is 13.4. The Labute approximate surface area is 159 Å². The van der Waals surface area contributed by atoms with E-state index in [1.807, 2.05) is 0 Å². The summed E-state index contributed by atoms with van der Waals surface area (Å²) in [6.07, 6.45) is 0. The molecule has 1 N–H and O–H groups in total. The lowest BCUT2D eigenvalue weighted by Gasteiger charge is -2.08. The fourth-order valence-corrected chi connectivity index (χ4v) is 2.86. The number of rotatable bonds is 4. The van der Waals surface area contributed by atoms with Gasteiger partial charge in [-0.05, 0) is 23.7 Å². The van der Waals surface area contributed by atoms with Crippen LogP contribution in [0.25, 0.3) is 11.2 Å². The summed E-state index contributed by atoms with van der Waals surface area (Å²) in [5, 5.41) is 13.0. The Balaban J connectivity index is 1.98. The van der Waals surface area contributed by atoms with Gasteiger partial charge in [0.25, 0.3) is 5.56 Å². The van der Waals surface area contributed by atoms with Crippen LogP contribution < -0.4 is 16.6 Å². The third-order valence-electron chi connectivity index (χ3n) is 4.03. The van der Waals surface area contributed by atoms with E-state index in [9.17, 15) is 28.9 Å². The molecule has 2 heterocycles. The number of nitrogens with one attached hydrogen (secondary N) is 1. The van der Waals surface area contributed by atoms with Gasteiger partial charge in [0.1, 0.15) is 6.54 Å². The quantitative estimate of drug-likeness (QED) is 0.383. The molecule has 11 nitrogen and oxygen atoms in total. The lowest BCUT2D eigenvalue weighted by Crippen LogP contribution is -2.37. The molecule has 1 aromatic carbocycles. The monoisotopic (exact) mass is 410 g/mol. The van der Waals surface area contributed by atoms with E-state index in [0.717, 1.165) is 31.9 Å². The summed E-state index contributed by atoms with van der Waals surface area (Å²) in [4.78, 5) is 50.5. The van der Waals surface area contributed by atoms with E-state index in [0.29, 0.717) is 0 Å². The van der Waals surface area contributed by atoms with Gasteiger partial charge in [0.2, 0.25) is 17.0 Å². The molecule has 3 rings (SSSR count). The van der Waals surface area contributed by atoms with Gasteiger partial charge in [0.05, 0.1) is 4.92 Å². The van der Waals surface area contributed by atoms with E-state index < -0.39 is 40.1 Å². The van der Waals surface area contributed by atoms with E-state index in [4.69, 9.17) is 11.6 Å². The molecule has 0 unspecified atom stereocenters. The summed E-state index contributed by atoms with van der Waals surface area (Å²) in [6.45, 7) is -0.464. The smallest absolute Gasteiger partial charge is 0.324 e. The fraction of sp³-hybridized carbons (Fsp3) is 0.200. The predicted octanol–water partition coefficient (Wildman–Crippen LogP) is 0.773. The first-order valence-corrected chi connectivity index (χ1v) is 8.05. The number of aromatic nitrogens is 4. The van der Waals surface area contributed by atoms with Crippen LogP contribution in [0.5, 0.6) is 0 Å². The SMILES string of the molecule is Cn1c(=O)c2c(nc(Cl)n2CC(=O)Nc2ccc(F)c([N+](=O)[O-])c2)n(C)c1=O. The van der Waals surface area contributed by atoms with Gasteiger partial charge >= 0.3 is 11.4 Å². The number of halogens is 2. The molecule has 0 fully saturated rings. The number of benzene rings is 1. The maximum Gasteiger partial charge on any atom is 0.332 e. The molecular weight excluding hydrogens is 399 g/mol. The molecule has 0 atom stereocenters. The topological polar surface area (TPSA) is 134 Å². The number of nitrogens with zero attached hydrogens (tertiary/aromatic N) is 5. The first-order valence-electron chi connectivity index (χ1n) is 7.67. The van der Waals surface area contributed by atoms with Crippen LogP contribution >= 0.6 is 11.6 Å². The van der Waals surface area contributed by atoms with Crippen LogP contribution in [-0.2, 0) is 25.4 Å². The number of fused-ring (bicyclic) bond motifs is 1. The van der Waals surface area contributed by atoms with Gasteiger partial charge in [-0.25, -0.2) is 4.79 Å². The minimum absolute atomic E-state index is 0.00307. The highest BCUT2D eigenvalue weighted by Crippen LogP contribution is 2.22. The second kappa shape index (κ2) is 6.88. The van der Waals surface area contributed by atoms with Crippen LogP contribution in [0.1, 0.15) is 0 Å². The minimum atomic E-state index is -1.05. The van der Waals surface area contributed by atoms with Gasteiger partial charge < -0.3 is 5.32 Å². The van der Waals surface area contributed by atoms with Crippen LogP contribution in [0.4, 0.5) is 15.8 Å². The van der Waals surface area contributed by atoms with Crippen molar-refractivity contribution in [3.63, 3.8) is 0 Å². The zero-order valence-corrected chi connectivity index (χ0v) is 15.2. The highest BCUT2D eigenvalue weighted by atomic mass is 35.5. The van der Waals surface area contributed by atoms with Crippen LogP contribution in [0, 0.1) is 15.9 Å². The van der Waals surface area contributed by atoms with Gasteiger partial charge in [0.15, 0.2) is 11.2 Å². The van der Waals surface area contributed by atoms with Crippen LogP contribution in [0.2, 0.25) is 5.28 Å². The van der Waals surface area contributed by atoms with Crippen molar-refractivity contribution in [3.8, 4) is 0 Å². The van der Waals surface area contributed by atoms with Crippen molar-refractivity contribution in [1.82, 2.24) is 18.7 Å². The molecule has 3 aromatic rings. The van der Waals surface area contributed by atoms with Crippen LogP contribution in [0.3, 0.4) is 0 Å². The normalized spacial score (nSPS) is 11.0. The zero-order valence-electron chi connectivity index (χ0n) is 14.5. The van der Waals surface area contributed by atoms with Gasteiger partial charge in [-0.3, -0.25) is 33.4 Å². The van der Waals surface area contributed by atoms with Gasteiger partial charge in [-0.2, -0.15) is 9.37 Å². The summed E-state index contributed by atoms with van der Waals surface area (Å²) in [6, 6.07) is 2.86. The molecule has 0 spiro atoms. The molecule has 2 aromatic heterocycles. The van der Waals surface area contributed by atoms with Crippen molar-refractivity contribution < 1.29 is 14.1 Å². The molecule has 146 valence electrons. The molecule has 0 aliphatic heterocycles.